The number of hydrogen-bond acceptors (Lipinski definition) is 8. The normalized spacial score (nSPS) is 10.5. The minimum Gasteiger partial charge on any atom is -0.493 e. The molecular weight excluding hydrogens is 468 g/mol. The number of methoxy groups -OCH3 is 1. The van der Waals surface area contributed by atoms with E-state index in [0.29, 0.717) is 46.9 Å². The molecule has 0 aliphatic rings. The second kappa shape index (κ2) is 12.6. The van der Waals surface area contributed by atoms with Gasteiger partial charge in [-0.25, -0.2) is 4.79 Å². The van der Waals surface area contributed by atoms with E-state index < -0.39 is 5.97 Å². The maximum atomic E-state index is 12.5. The monoisotopic (exact) mass is 496 g/mol. The van der Waals surface area contributed by atoms with Crippen LogP contribution in [0.5, 0.6) is 11.5 Å². The van der Waals surface area contributed by atoms with Crippen molar-refractivity contribution in [2.24, 2.45) is 0 Å². The summed E-state index contributed by atoms with van der Waals surface area (Å²) in [6.07, 6.45) is 1.73. The molecule has 0 bridgehead atoms. The number of thioether (sulfide) groups is 1. The van der Waals surface area contributed by atoms with Crippen LogP contribution in [0.25, 0.3) is 0 Å². The Labute approximate surface area is 208 Å². The zero-order valence-corrected chi connectivity index (χ0v) is 20.8. The number of aromatic nitrogens is 3. The highest BCUT2D eigenvalue weighted by molar-refractivity contribution is 7.99. The molecule has 184 valence electrons. The van der Waals surface area contributed by atoms with E-state index in [0.717, 1.165) is 5.56 Å². The fourth-order valence-electron chi connectivity index (χ4n) is 3.11. The van der Waals surface area contributed by atoms with Crippen LogP contribution in [0.15, 0.2) is 60.3 Å². The van der Waals surface area contributed by atoms with Crippen LogP contribution in [0.4, 0.5) is 5.69 Å². The molecule has 10 heteroatoms. The summed E-state index contributed by atoms with van der Waals surface area (Å²) in [5, 5.41) is 11.8. The fraction of sp³-hybridized carbons (Fsp3) is 0.280. The van der Waals surface area contributed by atoms with Crippen LogP contribution in [-0.2, 0) is 22.7 Å². The second-order valence-electron chi connectivity index (χ2n) is 7.38. The van der Waals surface area contributed by atoms with Gasteiger partial charge in [0.05, 0.1) is 25.0 Å². The Morgan fingerprint density at radius 3 is 2.60 bits per heavy atom. The number of carbonyl (C=O) groups is 2. The zero-order chi connectivity index (χ0) is 25.2. The summed E-state index contributed by atoms with van der Waals surface area (Å²) < 4.78 is 18.1. The summed E-state index contributed by atoms with van der Waals surface area (Å²) in [6, 6.07) is 12.2. The molecule has 0 saturated carbocycles. The first-order valence-corrected chi connectivity index (χ1v) is 11.9. The molecule has 1 heterocycles. The largest absolute Gasteiger partial charge is 0.493 e. The zero-order valence-electron chi connectivity index (χ0n) is 19.9. The third-order valence-electron chi connectivity index (χ3n) is 4.79. The molecule has 3 rings (SSSR count). The van der Waals surface area contributed by atoms with Crippen molar-refractivity contribution in [2.45, 2.75) is 32.2 Å². The Balaban J connectivity index is 1.59. The van der Waals surface area contributed by atoms with Gasteiger partial charge in [0.25, 0.3) is 0 Å². The van der Waals surface area contributed by atoms with Gasteiger partial charge in [-0.15, -0.1) is 16.8 Å². The lowest BCUT2D eigenvalue weighted by molar-refractivity contribution is -0.113. The van der Waals surface area contributed by atoms with E-state index in [1.54, 1.807) is 44.4 Å². The average molecular weight is 497 g/mol. The summed E-state index contributed by atoms with van der Waals surface area (Å²) in [4.78, 5) is 24.2. The molecule has 0 fully saturated rings. The van der Waals surface area contributed by atoms with Gasteiger partial charge in [-0.3, -0.25) is 9.36 Å². The third kappa shape index (κ3) is 7.10. The Morgan fingerprint density at radius 1 is 1.14 bits per heavy atom. The number of carbonyl (C=O) groups excluding carboxylic acids is 2. The molecule has 1 N–H and O–H groups in total. The molecule has 0 atom stereocenters. The number of nitrogens with zero attached hydrogens (tertiary/aromatic N) is 3. The molecule has 1 amide bonds. The van der Waals surface area contributed by atoms with Crippen LogP contribution in [0.1, 0.15) is 28.7 Å². The Morgan fingerprint density at radius 2 is 1.91 bits per heavy atom. The van der Waals surface area contributed by atoms with Crippen LogP contribution >= 0.6 is 11.8 Å². The number of aryl methyl sites for hydroxylation is 1. The molecule has 1 aromatic heterocycles. The van der Waals surface area contributed by atoms with Crippen molar-refractivity contribution in [1.82, 2.24) is 14.8 Å². The predicted octanol–water partition coefficient (Wildman–Crippen LogP) is 4.27. The van der Waals surface area contributed by atoms with Gasteiger partial charge in [0.1, 0.15) is 6.61 Å². The minimum absolute atomic E-state index is 0.127. The molecule has 35 heavy (non-hydrogen) atoms. The maximum Gasteiger partial charge on any atom is 0.338 e. The maximum absolute atomic E-state index is 12.5. The molecule has 0 aliphatic heterocycles. The summed E-state index contributed by atoms with van der Waals surface area (Å²) in [7, 11) is 1.59. The number of esters is 1. The Hall–Kier alpha value is -3.79. The standard InChI is InChI=1S/C25H28N4O5S/c1-5-13-29-22(15-34-20-12-7-17(3)14-21(20)32-4)27-28-25(29)35-16-23(30)26-19-10-8-18(9-11-19)24(31)33-6-2/h5,7-12,14H,1,6,13,15-16H2,2-4H3,(H,26,30). The highest BCUT2D eigenvalue weighted by Crippen LogP contribution is 2.29. The van der Waals surface area contributed by atoms with E-state index >= 15 is 0 Å². The lowest BCUT2D eigenvalue weighted by Crippen LogP contribution is -2.15. The smallest absolute Gasteiger partial charge is 0.338 e. The first-order valence-electron chi connectivity index (χ1n) is 10.9. The molecule has 0 aliphatic carbocycles. The van der Waals surface area contributed by atoms with Crippen LogP contribution in [0, 0.1) is 6.92 Å². The molecular formula is C25H28N4O5S. The molecule has 2 aromatic carbocycles. The van der Waals surface area contributed by atoms with Crippen LogP contribution in [0.2, 0.25) is 0 Å². The third-order valence-corrected chi connectivity index (χ3v) is 5.76. The van der Waals surface area contributed by atoms with Crippen molar-refractivity contribution < 1.29 is 23.8 Å². The number of amides is 1. The molecule has 0 unspecified atom stereocenters. The molecule has 0 radical (unpaired) electrons. The van der Waals surface area contributed by atoms with Gasteiger partial charge in [0.2, 0.25) is 5.91 Å². The van der Waals surface area contributed by atoms with Gasteiger partial charge in [0.15, 0.2) is 22.5 Å². The van der Waals surface area contributed by atoms with Gasteiger partial charge >= 0.3 is 5.97 Å². The minimum atomic E-state index is -0.400. The number of ether oxygens (including phenoxy) is 3. The van der Waals surface area contributed by atoms with Crippen molar-refractivity contribution in [1.29, 1.82) is 0 Å². The van der Waals surface area contributed by atoms with Gasteiger partial charge in [0, 0.05) is 12.2 Å². The Kier molecular flexibility index (Phi) is 9.31. The van der Waals surface area contributed by atoms with E-state index in [4.69, 9.17) is 14.2 Å². The van der Waals surface area contributed by atoms with E-state index in [9.17, 15) is 9.59 Å². The van der Waals surface area contributed by atoms with E-state index in [1.165, 1.54) is 11.8 Å². The number of anilines is 1. The highest BCUT2D eigenvalue weighted by Gasteiger charge is 2.15. The van der Waals surface area contributed by atoms with Crippen molar-refractivity contribution in [3.63, 3.8) is 0 Å². The molecule has 9 nitrogen and oxygen atoms in total. The van der Waals surface area contributed by atoms with Crippen LogP contribution in [-0.4, -0.2) is 46.1 Å². The van der Waals surface area contributed by atoms with Crippen LogP contribution in [0.3, 0.4) is 0 Å². The lowest BCUT2D eigenvalue weighted by Gasteiger charge is -2.12. The first-order chi connectivity index (χ1) is 16.9. The van der Waals surface area contributed by atoms with Crippen molar-refractivity contribution in [3.8, 4) is 11.5 Å². The Bertz CT molecular complexity index is 1180. The van der Waals surface area contributed by atoms with E-state index in [-0.39, 0.29) is 18.3 Å². The average Bonchev–Trinajstić information content (AvgIpc) is 3.24. The number of benzene rings is 2. The van der Waals surface area contributed by atoms with Crippen molar-refractivity contribution in [2.75, 3.05) is 24.8 Å². The summed E-state index contributed by atoms with van der Waals surface area (Å²) >= 11 is 1.26. The summed E-state index contributed by atoms with van der Waals surface area (Å²) in [6.45, 7) is 8.47. The summed E-state index contributed by atoms with van der Waals surface area (Å²) in [5.74, 6) is 1.36. The number of hydrogen-bond donors (Lipinski definition) is 1. The fourth-order valence-corrected chi connectivity index (χ4v) is 3.88. The summed E-state index contributed by atoms with van der Waals surface area (Å²) in [5.41, 5.74) is 2.07. The van der Waals surface area contributed by atoms with Gasteiger partial charge in [-0.2, -0.15) is 0 Å². The van der Waals surface area contributed by atoms with Crippen molar-refractivity contribution in [3.05, 3.63) is 72.1 Å². The lowest BCUT2D eigenvalue weighted by atomic mass is 10.2. The first kappa shape index (κ1) is 25.8. The molecule has 0 saturated heterocycles. The number of rotatable bonds is 12. The predicted molar refractivity (Wildman–Crippen MR) is 134 cm³/mol. The second-order valence-corrected chi connectivity index (χ2v) is 8.32. The van der Waals surface area contributed by atoms with Crippen molar-refractivity contribution >= 4 is 29.3 Å². The number of nitrogens with one attached hydrogen (secondary N) is 1. The number of allylic oxidation sites excluding steroid dienone is 1. The molecule has 3 aromatic rings. The van der Waals surface area contributed by atoms with E-state index in [2.05, 4.69) is 22.1 Å². The van der Waals surface area contributed by atoms with Gasteiger partial charge in [-0.05, 0) is 55.8 Å². The SMILES string of the molecule is C=CCn1c(COc2ccc(C)cc2OC)nnc1SCC(=O)Nc1ccc(C(=O)OCC)cc1. The van der Waals surface area contributed by atoms with Gasteiger partial charge in [-0.1, -0.05) is 23.9 Å². The molecule has 0 spiro atoms. The van der Waals surface area contributed by atoms with Gasteiger partial charge < -0.3 is 19.5 Å². The highest BCUT2D eigenvalue weighted by atomic mass is 32.2. The van der Waals surface area contributed by atoms with Crippen LogP contribution < -0.4 is 14.8 Å². The topological polar surface area (TPSA) is 105 Å². The quantitative estimate of drug-likeness (QED) is 0.225. The van der Waals surface area contributed by atoms with E-state index in [1.807, 2.05) is 29.7 Å².